The summed E-state index contributed by atoms with van der Waals surface area (Å²) in [7, 11) is 0. The summed E-state index contributed by atoms with van der Waals surface area (Å²) in [5.41, 5.74) is 2.60. The molecule has 104 valence electrons. The van der Waals surface area contributed by atoms with Gasteiger partial charge >= 0.3 is 0 Å². The standard InChI is InChI=1S/C17H20N2O/c1-14-7-10-18-13-16(14)17(20)8-11-19(12-9-17)15-5-3-2-4-6-15/h2-7,10,13,20H,8-9,11-12H2,1H3. The third-order valence-electron chi connectivity index (χ3n) is 4.25. The molecule has 0 radical (unpaired) electrons. The van der Waals surface area contributed by atoms with Crippen molar-refractivity contribution in [3.05, 3.63) is 59.9 Å². The Labute approximate surface area is 119 Å². The van der Waals surface area contributed by atoms with Crippen molar-refractivity contribution in [1.82, 2.24) is 4.98 Å². The average molecular weight is 268 g/mol. The molecule has 0 atom stereocenters. The second-order valence-corrected chi connectivity index (χ2v) is 5.54. The van der Waals surface area contributed by atoms with Crippen LogP contribution >= 0.6 is 0 Å². The van der Waals surface area contributed by atoms with E-state index in [1.807, 2.05) is 25.3 Å². The fourth-order valence-electron chi connectivity index (χ4n) is 2.99. The van der Waals surface area contributed by atoms with Gasteiger partial charge in [-0.1, -0.05) is 18.2 Å². The summed E-state index contributed by atoms with van der Waals surface area (Å²) >= 11 is 0. The minimum atomic E-state index is -0.733. The number of aliphatic hydroxyl groups is 1. The third kappa shape index (κ3) is 2.41. The third-order valence-corrected chi connectivity index (χ3v) is 4.25. The number of para-hydroxylation sites is 1. The molecule has 0 bridgehead atoms. The summed E-state index contributed by atoms with van der Waals surface area (Å²) < 4.78 is 0. The van der Waals surface area contributed by atoms with E-state index in [-0.39, 0.29) is 0 Å². The zero-order chi connectivity index (χ0) is 14.0. The Morgan fingerprint density at radius 3 is 2.45 bits per heavy atom. The molecule has 0 saturated carbocycles. The van der Waals surface area contributed by atoms with Gasteiger partial charge in [-0.05, 0) is 43.5 Å². The Bertz CT molecular complexity index is 575. The molecule has 2 heterocycles. The van der Waals surface area contributed by atoms with E-state index in [4.69, 9.17) is 0 Å². The lowest BCUT2D eigenvalue weighted by atomic mass is 9.83. The number of aromatic nitrogens is 1. The lowest BCUT2D eigenvalue weighted by Gasteiger charge is -2.40. The van der Waals surface area contributed by atoms with Crippen molar-refractivity contribution in [2.45, 2.75) is 25.4 Å². The first-order chi connectivity index (χ1) is 9.69. The van der Waals surface area contributed by atoms with Gasteiger partial charge in [-0.25, -0.2) is 0 Å². The second kappa shape index (κ2) is 5.25. The van der Waals surface area contributed by atoms with Crippen molar-refractivity contribution in [2.24, 2.45) is 0 Å². The summed E-state index contributed by atoms with van der Waals surface area (Å²) in [4.78, 5) is 6.50. The van der Waals surface area contributed by atoms with Crippen LogP contribution in [0.2, 0.25) is 0 Å². The Morgan fingerprint density at radius 2 is 1.80 bits per heavy atom. The van der Waals surface area contributed by atoms with Crippen LogP contribution in [0.25, 0.3) is 0 Å². The van der Waals surface area contributed by atoms with Crippen molar-refractivity contribution in [3.8, 4) is 0 Å². The van der Waals surface area contributed by atoms with E-state index < -0.39 is 5.60 Å². The van der Waals surface area contributed by atoms with Crippen molar-refractivity contribution >= 4 is 5.69 Å². The molecule has 1 aliphatic heterocycles. The second-order valence-electron chi connectivity index (χ2n) is 5.54. The maximum absolute atomic E-state index is 10.9. The van der Waals surface area contributed by atoms with Gasteiger partial charge < -0.3 is 10.0 Å². The van der Waals surface area contributed by atoms with Crippen LogP contribution in [0.5, 0.6) is 0 Å². The molecule has 2 aromatic rings. The van der Waals surface area contributed by atoms with Crippen LogP contribution in [-0.2, 0) is 5.60 Å². The zero-order valence-electron chi connectivity index (χ0n) is 11.8. The summed E-state index contributed by atoms with van der Waals surface area (Å²) in [6.45, 7) is 3.78. The summed E-state index contributed by atoms with van der Waals surface area (Å²) in [5.74, 6) is 0. The summed E-state index contributed by atoms with van der Waals surface area (Å²) in [6, 6.07) is 12.4. The maximum atomic E-state index is 10.9. The molecule has 1 saturated heterocycles. The molecule has 1 aromatic carbocycles. The molecule has 0 spiro atoms. The molecular weight excluding hydrogens is 248 g/mol. The van der Waals surface area contributed by atoms with Gasteiger partial charge in [0.05, 0.1) is 5.60 Å². The molecular formula is C17H20N2O. The first-order valence-corrected chi connectivity index (χ1v) is 7.12. The van der Waals surface area contributed by atoms with Gasteiger partial charge in [0.1, 0.15) is 0 Å². The van der Waals surface area contributed by atoms with Crippen molar-refractivity contribution in [3.63, 3.8) is 0 Å². The van der Waals surface area contributed by atoms with Crippen molar-refractivity contribution < 1.29 is 5.11 Å². The molecule has 1 aliphatic rings. The van der Waals surface area contributed by atoms with E-state index >= 15 is 0 Å². The average Bonchev–Trinajstić information content (AvgIpc) is 2.49. The number of piperidine rings is 1. The Hall–Kier alpha value is -1.87. The molecule has 0 amide bonds. The van der Waals surface area contributed by atoms with Crippen LogP contribution in [0.4, 0.5) is 5.69 Å². The molecule has 1 aromatic heterocycles. The van der Waals surface area contributed by atoms with Crippen LogP contribution in [-0.4, -0.2) is 23.2 Å². The predicted molar refractivity (Wildman–Crippen MR) is 80.8 cm³/mol. The van der Waals surface area contributed by atoms with E-state index in [0.29, 0.717) is 0 Å². The fraction of sp³-hybridized carbons (Fsp3) is 0.353. The molecule has 1 N–H and O–H groups in total. The highest BCUT2D eigenvalue weighted by Gasteiger charge is 2.35. The van der Waals surface area contributed by atoms with E-state index in [1.165, 1.54) is 5.69 Å². The molecule has 3 heteroatoms. The molecule has 3 nitrogen and oxygen atoms in total. The normalized spacial score (nSPS) is 18.0. The van der Waals surface area contributed by atoms with Crippen molar-refractivity contribution in [1.29, 1.82) is 0 Å². The smallest absolute Gasteiger partial charge is 0.0947 e. The van der Waals surface area contributed by atoms with E-state index in [0.717, 1.165) is 37.1 Å². The van der Waals surface area contributed by atoms with Crippen LogP contribution in [0.1, 0.15) is 24.0 Å². The van der Waals surface area contributed by atoms with Crippen LogP contribution in [0, 0.1) is 6.92 Å². The Balaban J connectivity index is 1.77. The SMILES string of the molecule is Cc1ccncc1C1(O)CCN(c2ccccc2)CC1. The topological polar surface area (TPSA) is 36.4 Å². The van der Waals surface area contributed by atoms with Crippen LogP contribution in [0.3, 0.4) is 0 Å². The first kappa shape index (κ1) is 13.1. The lowest BCUT2D eigenvalue weighted by molar-refractivity contribution is 0.0109. The van der Waals surface area contributed by atoms with Gasteiger partial charge in [0, 0.05) is 36.7 Å². The number of anilines is 1. The number of nitrogens with zero attached hydrogens (tertiary/aromatic N) is 2. The summed E-state index contributed by atoms with van der Waals surface area (Å²) in [5, 5.41) is 10.9. The number of pyridine rings is 1. The molecule has 3 rings (SSSR count). The number of benzene rings is 1. The number of aryl methyl sites for hydroxylation is 1. The monoisotopic (exact) mass is 268 g/mol. The summed E-state index contributed by atoms with van der Waals surface area (Å²) in [6.07, 6.45) is 5.08. The minimum absolute atomic E-state index is 0.733. The van der Waals surface area contributed by atoms with E-state index in [1.54, 1.807) is 6.20 Å². The molecule has 20 heavy (non-hydrogen) atoms. The Kier molecular flexibility index (Phi) is 3.45. The van der Waals surface area contributed by atoms with Gasteiger partial charge in [0.15, 0.2) is 0 Å². The predicted octanol–water partition coefficient (Wildman–Crippen LogP) is 2.88. The largest absolute Gasteiger partial charge is 0.385 e. The number of rotatable bonds is 2. The zero-order valence-corrected chi connectivity index (χ0v) is 11.8. The fourth-order valence-corrected chi connectivity index (χ4v) is 2.99. The molecule has 1 fully saturated rings. The minimum Gasteiger partial charge on any atom is -0.385 e. The lowest BCUT2D eigenvalue weighted by Crippen LogP contribution is -2.43. The molecule has 0 aliphatic carbocycles. The van der Waals surface area contributed by atoms with Crippen molar-refractivity contribution in [2.75, 3.05) is 18.0 Å². The van der Waals surface area contributed by atoms with Crippen LogP contribution in [0.15, 0.2) is 48.8 Å². The van der Waals surface area contributed by atoms with Gasteiger partial charge in [-0.3, -0.25) is 4.98 Å². The quantitative estimate of drug-likeness (QED) is 0.910. The van der Waals surface area contributed by atoms with Gasteiger partial charge in [-0.15, -0.1) is 0 Å². The van der Waals surface area contributed by atoms with Gasteiger partial charge in [-0.2, -0.15) is 0 Å². The number of hydrogen-bond donors (Lipinski definition) is 1. The first-order valence-electron chi connectivity index (χ1n) is 7.12. The highest BCUT2D eigenvalue weighted by atomic mass is 16.3. The van der Waals surface area contributed by atoms with E-state index in [2.05, 4.69) is 34.1 Å². The van der Waals surface area contributed by atoms with Gasteiger partial charge in [0.2, 0.25) is 0 Å². The van der Waals surface area contributed by atoms with Gasteiger partial charge in [0.25, 0.3) is 0 Å². The highest BCUT2D eigenvalue weighted by Crippen LogP contribution is 2.35. The maximum Gasteiger partial charge on any atom is 0.0947 e. The molecule has 0 unspecified atom stereocenters. The highest BCUT2D eigenvalue weighted by molar-refractivity contribution is 5.47. The van der Waals surface area contributed by atoms with Crippen LogP contribution < -0.4 is 4.90 Å². The Morgan fingerprint density at radius 1 is 1.10 bits per heavy atom. The number of hydrogen-bond acceptors (Lipinski definition) is 3. The van der Waals surface area contributed by atoms with E-state index in [9.17, 15) is 5.11 Å².